The zero-order chi connectivity index (χ0) is 14.8. The van der Waals surface area contributed by atoms with Crippen molar-refractivity contribution in [2.24, 2.45) is 5.73 Å². The van der Waals surface area contributed by atoms with Gasteiger partial charge in [0.2, 0.25) is 6.79 Å². The van der Waals surface area contributed by atoms with Crippen LogP contribution < -0.4 is 19.9 Å². The van der Waals surface area contributed by atoms with Crippen molar-refractivity contribution in [2.45, 2.75) is 32.9 Å². The molecule has 0 saturated carbocycles. The fourth-order valence-corrected chi connectivity index (χ4v) is 2.13. The number of hydrogen-bond donors (Lipinski definition) is 1. The van der Waals surface area contributed by atoms with Crippen molar-refractivity contribution in [1.29, 1.82) is 0 Å². The Hall–Kier alpha value is -2.28. The lowest BCUT2D eigenvalue weighted by Gasteiger charge is -2.13. The molecule has 1 aliphatic rings. The molecule has 21 heavy (non-hydrogen) atoms. The maximum absolute atomic E-state index is 5.89. The molecule has 1 atom stereocenters. The van der Waals surface area contributed by atoms with Gasteiger partial charge in [-0.25, -0.2) is 4.63 Å². The topological polar surface area (TPSA) is 92.6 Å². The van der Waals surface area contributed by atoms with Crippen LogP contribution in [0.1, 0.15) is 23.9 Å². The van der Waals surface area contributed by atoms with E-state index in [-0.39, 0.29) is 19.4 Å². The summed E-state index contributed by atoms with van der Waals surface area (Å²) >= 11 is 0. The molecule has 2 aromatic rings. The first-order chi connectivity index (χ1) is 10.1. The Balaban J connectivity index is 1.83. The van der Waals surface area contributed by atoms with E-state index in [2.05, 4.69) is 14.9 Å². The summed E-state index contributed by atoms with van der Waals surface area (Å²) in [5, 5.41) is 7.53. The summed E-state index contributed by atoms with van der Waals surface area (Å²) in [4.78, 5) is 0. The summed E-state index contributed by atoms with van der Waals surface area (Å²) in [6.07, 6.45) is 0.683. The standard InChI is InChI=1S/C14H17N3O4/c1-8(15)3-10-4-13-14(20-7-19-13)5-12(10)18-6-11-9(2)16-21-17-11/h4-5,8H,3,6-7,15H2,1-2H3. The Labute approximate surface area is 121 Å². The number of ether oxygens (including phenoxy) is 3. The van der Waals surface area contributed by atoms with E-state index in [9.17, 15) is 0 Å². The van der Waals surface area contributed by atoms with Gasteiger partial charge in [0.1, 0.15) is 23.7 Å². The molecule has 7 nitrogen and oxygen atoms in total. The molecule has 2 N–H and O–H groups in total. The molecule has 0 aliphatic carbocycles. The van der Waals surface area contributed by atoms with E-state index in [0.717, 1.165) is 11.3 Å². The zero-order valence-corrected chi connectivity index (χ0v) is 12.0. The first-order valence-electron chi connectivity index (χ1n) is 6.72. The van der Waals surface area contributed by atoms with Gasteiger partial charge in [-0.15, -0.1) is 0 Å². The zero-order valence-electron chi connectivity index (χ0n) is 12.0. The number of nitrogens with zero attached hydrogens (tertiary/aromatic N) is 2. The molecule has 112 valence electrons. The van der Waals surface area contributed by atoms with E-state index >= 15 is 0 Å². The Kier molecular flexibility index (Phi) is 3.66. The van der Waals surface area contributed by atoms with Crippen molar-refractivity contribution in [3.63, 3.8) is 0 Å². The van der Waals surface area contributed by atoms with Gasteiger partial charge in [0, 0.05) is 12.1 Å². The van der Waals surface area contributed by atoms with Crippen molar-refractivity contribution in [3.05, 3.63) is 29.1 Å². The van der Waals surface area contributed by atoms with Crippen molar-refractivity contribution >= 4 is 0 Å². The summed E-state index contributed by atoms with van der Waals surface area (Å²) in [5.41, 5.74) is 8.24. The fourth-order valence-electron chi connectivity index (χ4n) is 2.13. The largest absolute Gasteiger partial charge is 0.487 e. The lowest BCUT2D eigenvalue weighted by molar-refractivity contribution is 0.173. The summed E-state index contributed by atoms with van der Waals surface area (Å²) in [6.45, 7) is 4.27. The number of benzene rings is 1. The average molecular weight is 291 g/mol. The third kappa shape index (κ3) is 2.92. The van der Waals surface area contributed by atoms with Crippen molar-refractivity contribution in [2.75, 3.05) is 6.79 Å². The van der Waals surface area contributed by atoms with Crippen LogP contribution in [0.25, 0.3) is 0 Å². The SMILES string of the molecule is Cc1nonc1COc1cc2c(cc1CC(C)N)OCO2. The number of nitrogens with two attached hydrogens (primary N) is 1. The molecule has 1 aliphatic heterocycles. The van der Waals surface area contributed by atoms with Crippen LogP contribution in [-0.2, 0) is 13.0 Å². The van der Waals surface area contributed by atoms with Gasteiger partial charge in [-0.05, 0) is 31.9 Å². The summed E-state index contributed by atoms with van der Waals surface area (Å²) in [5.74, 6) is 2.10. The van der Waals surface area contributed by atoms with Crippen LogP contribution in [0.4, 0.5) is 0 Å². The minimum atomic E-state index is 0.0168. The van der Waals surface area contributed by atoms with E-state index in [1.54, 1.807) is 0 Å². The highest BCUT2D eigenvalue weighted by molar-refractivity contribution is 5.52. The van der Waals surface area contributed by atoms with Gasteiger partial charge < -0.3 is 19.9 Å². The lowest BCUT2D eigenvalue weighted by atomic mass is 10.1. The summed E-state index contributed by atoms with van der Waals surface area (Å²) in [6, 6.07) is 3.75. The van der Waals surface area contributed by atoms with Gasteiger partial charge in [-0.3, -0.25) is 0 Å². The number of rotatable bonds is 5. The minimum Gasteiger partial charge on any atom is -0.487 e. The summed E-state index contributed by atoms with van der Waals surface area (Å²) in [7, 11) is 0. The highest BCUT2D eigenvalue weighted by Crippen LogP contribution is 2.38. The van der Waals surface area contributed by atoms with Crippen LogP contribution in [0.2, 0.25) is 0 Å². The van der Waals surface area contributed by atoms with Gasteiger partial charge in [-0.2, -0.15) is 0 Å². The molecule has 0 fully saturated rings. The first kappa shape index (κ1) is 13.7. The van der Waals surface area contributed by atoms with E-state index < -0.39 is 0 Å². The molecule has 0 bridgehead atoms. The highest BCUT2D eigenvalue weighted by Gasteiger charge is 2.19. The maximum atomic E-state index is 5.89. The minimum absolute atomic E-state index is 0.0168. The summed E-state index contributed by atoms with van der Waals surface area (Å²) < 4.78 is 21.3. The fraction of sp³-hybridized carbons (Fsp3) is 0.429. The lowest BCUT2D eigenvalue weighted by Crippen LogP contribution is -2.18. The second kappa shape index (κ2) is 5.61. The molecule has 3 rings (SSSR count). The molecule has 1 unspecified atom stereocenters. The second-order valence-corrected chi connectivity index (χ2v) is 5.08. The quantitative estimate of drug-likeness (QED) is 0.893. The Morgan fingerprint density at radius 1 is 1.29 bits per heavy atom. The predicted octanol–water partition coefficient (Wildman–Crippen LogP) is 1.58. The van der Waals surface area contributed by atoms with Gasteiger partial charge in [0.25, 0.3) is 0 Å². The number of aromatic nitrogens is 2. The van der Waals surface area contributed by atoms with E-state index in [0.29, 0.717) is 29.3 Å². The van der Waals surface area contributed by atoms with Gasteiger partial charge in [0.05, 0.1) is 0 Å². The molecule has 0 spiro atoms. The average Bonchev–Trinajstić information content (AvgIpc) is 3.04. The predicted molar refractivity (Wildman–Crippen MR) is 73.3 cm³/mol. The molecule has 1 aromatic carbocycles. The van der Waals surface area contributed by atoms with Crippen LogP contribution in [0.15, 0.2) is 16.8 Å². The van der Waals surface area contributed by atoms with Crippen LogP contribution in [0.3, 0.4) is 0 Å². The smallest absolute Gasteiger partial charge is 0.231 e. The molecule has 2 heterocycles. The third-order valence-corrected chi connectivity index (χ3v) is 3.21. The third-order valence-electron chi connectivity index (χ3n) is 3.21. The van der Waals surface area contributed by atoms with Crippen LogP contribution in [0.5, 0.6) is 17.2 Å². The molecular formula is C14H17N3O4. The highest BCUT2D eigenvalue weighted by atomic mass is 16.7. The van der Waals surface area contributed by atoms with Crippen LogP contribution in [0, 0.1) is 6.92 Å². The number of fused-ring (bicyclic) bond motifs is 1. The number of hydrogen-bond acceptors (Lipinski definition) is 7. The number of aryl methyl sites for hydroxylation is 1. The van der Waals surface area contributed by atoms with E-state index in [1.807, 2.05) is 26.0 Å². The van der Waals surface area contributed by atoms with Crippen molar-refractivity contribution in [1.82, 2.24) is 10.3 Å². The van der Waals surface area contributed by atoms with Crippen LogP contribution >= 0.6 is 0 Å². The van der Waals surface area contributed by atoms with Gasteiger partial charge >= 0.3 is 0 Å². The van der Waals surface area contributed by atoms with E-state index in [1.165, 1.54) is 0 Å². The molecular weight excluding hydrogens is 274 g/mol. The van der Waals surface area contributed by atoms with Crippen molar-refractivity contribution < 1.29 is 18.8 Å². The van der Waals surface area contributed by atoms with E-state index in [4.69, 9.17) is 19.9 Å². The monoisotopic (exact) mass is 291 g/mol. The molecule has 0 saturated heterocycles. The molecule has 1 aromatic heterocycles. The molecule has 0 amide bonds. The maximum Gasteiger partial charge on any atom is 0.231 e. The van der Waals surface area contributed by atoms with Crippen LogP contribution in [-0.4, -0.2) is 23.1 Å². The molecule has 7 heteroatoms. The van der Waals surface area contributed by atoms with Crippen molar-refractivity contribution in [3.8, 4) is 17.2 Å². The Morgan fingerprint density at radius 2 is 2.05 bits per heavy atom. The first-order valence-corrected chi connectivity index (χ1v) is 6.72. The Morgan fingerprint density at radius 3 is 2.71 bits per heavy atom. The Bertz CT molecular complexity index is 639. The van der Waals surface area contributed by atoms with Gasteiger partial charge in [0.15, 0.2) is 11.5 Å². The second-order valence-electron chi connectivity index (χ2n) is 5.08. The normalized spacial score (nSPS) is 14.2. The molecule has 0 radical (unpaired) electrons. The van der Waals surface area contributed by atoms with Gasteiger partial charge in [-0.1, -0.05) is 10.3 Å².